The van der Waals surface area contributed by atoms with Gasteiger partial charge in [0.2, 0.25) is 12.3 Å². The lowest BCUT2D eigenvalue weighted by molar-refractivity contribution is -0.118. The van der Waals surface area contributed by atoms with Gasteiger partial charge in [-0.2, -0.15) is 0 Å². The first-order valence-corrected chi connectivity index (χ1v) is 8.05. The maximum absolute atomic E-state index is 11.2. The number of anilines is 4. The number of aromatic nitrogens is 2. The Bertz CT molecular complexity index is 758. The van der Waals surface area contributed by atoms with Crippen LogP contribution in [0.3, 0.4) is 0 Å². The third-order valence-corrected chi connectivity index (χ3v) is 3.90. The zero-order valence-electron chi connectivity index (χ0n) is 14.0. The normalized spacial score (nSPS) is 14.1. The SMILES string of the molecule is CC(=O)Nc1cccc(Nc2cc(N3CCN(C=O)CC3)ncn2)c1. The Hall–Kier alpha value is -3.16. The molecule has 1 aliphatic rings. The fourth-order valence-electron chi connectivity index (χ4n) is 2.67. The van der Waals surface area contributed by atoms with Gasteiger partial charge in [-0.25, -0.2) is 9.97 Å². The zero-order valence-corrected chi connectivity index (χ0v) is 14.0. The molecule has 1 fully saturated rings. The van der Waals surface area contributed by atoms with Crippen LogP contribution in [0.15, 0.2) is 36.7 Å². The molecule has 0 aliphatic carbocycles. The fraction of sp³-hybridized carbons (Fsp3) is 0.294. The molecule has 2 heterocycles. The van der Waals surface area contributed by atoms with Crippen LogP contribution in [-0.4, -0.2) is 53.4 Å². The van der Waals surface area contributed by atoms with E-state index in [0.717, 1.165) is 36.7 Å². The van der Waals surface area contributed by atoms with Crippen LogP contribution in [0.25, 0.3) is 0 Å². The number of piperazine rings is 1. The van der Waals surface area contributed by atoms with Crippen molar-refractivity contribution in [1.29, 1.82) is 0 Å². The summed E-state index contributed by atoms with van der Waals surface area (Å²) in [5, 5.41) is 5.97. The summed E-state index contributed by atoms with van der Waals surface area (Å²) in [6.07, 6.45) is 2.40. The lowest BCUT2D eigenvalue weighted by Crippen LogP contribution is -2.46. The molecule has 1 aliphatic heterocycles. The van der Waals surface area contributed by atoms with Gasteiger partial charge in [0.1, 0.15) is 18.0 Å². The minimum atomic E-state index is -0.115. The summed E-state index contributed by atoms with van der Waals surface area (Å²) in [5.74, 6) is 1.37. The van der Waals surface area contributed by atoms with Gasteiger partial charge in [-0.05, 0) is 18.2 Å². The topological polar surface area (TPSA) is 90.5 Å². The number of hydrogen-bond donors (Lipinski definition) is 2. The van der Waals surface area contributed by atoms with Gasteiger partial charge < -0.3 is 20.4 Å². The number of nitrogens with one attached hydrogen (secondary N) is 2. The van der Waals surface area contributed by atoms with Crippen LogP contribution >= 0.6 is 0 Å². The van der Waals surface area contributed by atoms with Crippen LogP contribution in [0, 0.1) is 0 Å². The lowest BCUT2D eigenvalue weighted by Gasteiger charge is -2.33. The largest absolute Gasteiger partial charge is 0.353 e. The van der Waals surface area contributed by atoms with Gasteiger partial charge in [0.25, 0.3) is 0 Å². The number of benzene rings is 1. The molecule has 130 valence electrons. The van der Waals surface area contributed by atoms with E-state index in [1.807, 2.05) is 30.3 Å². The van der Waals surface area contributed by atoms with Gasteiger partial charge >= 0.3 is 0 Å². The molecule has 8 nitrogen and oxygen atoms in total. The molecule has 1 aromatic heterocycles. The highest BCUT2D eigenvalue weighted by Crippen LogP contribution is 2.21. The quantitative estimate of drug-likeness (QED) is 0.801. The molecule has 3 rings (SSSR count). The third kappa shape index (κ3) is 4.43. The molecular formula is C17H20N6O2. The van der Waals surface area contributed by atoms with E-state index in [-0.39, 0.29) is 5.91 Å². The number of carbonyl (C=O) groups excluding carboxylic acids is 2. The number of rotatable bonds is 5. The minimum absolute atomic E-state index is 0.115. The van der Waals surface area contributed by atoms with E-state index < -0.39 is 0 Å². The molecule has 2 N–H and O–H groups in total. The van der Waals surface area contributed by atoms with E-state index in [4.69, 9.17) is 0 Å². The van der Waals surface area contributed by atoms with Crippen molar-refractivity contribution in [3.05, 3.63) is 36.7 Å². The first-order chi connectivity index (χ1) is 12.1. The second-order valence-electron chi connectivity index (χ2n) is 5.78. The summed E-state index contributed by atoms with van der Waals surface area (Å²) in [7, 11) is 0. The van der Waals surface area contributed by atoms with Gasteiger partial charge in [-0.1, -0.05) is 6.07 Å². The smallest absolute Gasteiger partial charge is 0.221 e. The Kier molecular flexibility index (Phi) is 5.08. The molecule has 0 unspecified atom stereocenters. The molecule has 0 bridgehead atoms. The first-order valence-electron chi connectivity index (χ1n) is 8.05. The van der Waals surface area contributed by atoms with E-state index in [1.165, 1.54) is 13.3 Å². The Morgan fingerprint density at radius 1 is 1.12 bits per heavy atom. The van der Waals surface area contributed by atoms with Crippen molar-refractivity contribution in [1.82, 2.24) is 14.9 Å². The summed E-state index contributed by atoms with van der Waals surface area (Å²) in [4.78, 5) is 34.4. The molecule has 1 saturated heterocycles. The van der Waals surface area contributed by atoms with E-state index in [2.05, 4.69) is 25.5 Å². The summed E-state index contributed by atoms with van der Waals surface area (Å²) >= 11 is 0. The number of carbonyl (C=O) groups is 2. The highest BCUT2D eigenvalue weighted by atomic mass is 16.1. The Labute approximate surface area is 145 Å². The van der Waals surface area contributed by atoms with Crippen molar-refractivity contribution < 1.29 is 9.59 Å². The summed E-state index contributed by atoms with van der Waals surface area (Å²) in [5.41, 5.74) is 1.54. The Balaban J connectivity index is 1.70. The third-order valence-electron chi connectivity index (χ3n) is 3.90. The summed E-state index contributed by atoms with van der Waals surface area (Å²) < 4.78 is 0. The standard InChI is InChI=1S/C17H20N6O2/c1-13(25)20-14-3-2-4-15(9-14)21-16-10-17(19-11-18-16)23-7-5-22(12-24)6-8-23/h2-4,9-12H,5-8H2,1H3,(H,20,25)(H,18,19,21). The van der Waals surface area contributed by atoms with Crippen LogP contribution in [0.1, 0.15) is 6.92 Å². The average Bonchev–Trinajstić information content (AvgIpc) is 2.62. The predicted octanol–water partition coefficient (Wildman–Crippen LogP) is 1.46. The van der Waals surface area contributed by atoms with Crippen molar-refractivity contribution in [3.8, 4) is 0 Å². The molecule has 0 saturated carbocycles. The molecule has 1 aromatic carbocycles. The van der Waals surface area contributed by atoms with Gasteiger partial charge in [0.15, 0.2) is 0 Å². The van der Waals surface area contributed by atoms with Crippen LogP contribution < -0.4 is 15.5 Å². The van der Waals surface area contributed by atoms with E-state index >= 15 is 0 Å². The lowest BCUT2D eigenvalue weighted by atomic mass is 10.2. The number of hydrogen-bond acceptors (Lipinski definition) is 6. The molecule has 2 amide bonds. The van der Waals surface area contributed by atoms with Gasteiger partial charge in [-0.15, -0.1) is 0 Å². The number of nitrogens with zero attached hydrogens (tertiary/aromatic N) is 4. The van der Waals surface area contributed by atoms with Gasteiger partial charge in [-0.3, -0.25) is 9.59 Å². The van der Waals surface area contributed by atoms with Crippen molar-refractivity contribution in [3.63, 3.8) is 0 Å². The van der Waals surface area contributed by atoms with Crippen molar-refractivity contribution in [2.24, 2.45) is 0 Å². The minimum Gasteiger partial charge on any atom is -0.353 e. The summed E-state index contributed by atoms with van der Waals surface area (Å²) in [6, 6.07) is 9.29. The second-order valence-corrected chi connectivity index (χ2v) is 5.78. The van der Waals surface area contributed by atoms with Crippen molar-refractivity contribution >= 4 is 35.3 Å². The maximum atomic E-state index is 11.2. The molecule has 0 atom stereocenters. The van der Waals surface area contributed by atoms with Crippen molar-refractivity contribution in [2.45, 2.75) is 6.92 Å². The predicted molar refractivity (Wildman–Crippen MR) is 95.9 cm³/mol. The van der Waals surface area contributed by atoms with Crippen LogP contribution in [0.2, 0.25) is 0 Å². The van der Waals surface area contributed by atoms with E-state index in [0.29, 0.717) is 18.9 Å². The summed E-state index contributed by atoms with van der Waals surface area (Å²) in [6.45, 7) is 4.34. The number of amides is 2. The maximum Gasteiger partial charge on any atom is 0.221 e. The molecule has 0 radical (unpaired) electrons. The molecule has 25 heavy (non-hydrogen) atoms. The molecule has 8 heteroatoms. The van der Waals surface area contributed by atoms with Crippen molar-refractivity contribution in [2.75, 3.05) is 41.7 Å². The fourth-order valence-corrected chi connectivity index (χ4v) is 2.67. The first kappa shape index (κ1) is 16.7. The Morgan fingerprint density at radius 3 is 2.60 bits per heavy atom. The monoisotopic (exact) mass is 340 g/mol. The average molecular weight is 340 g/mol. The second kappa shape index (κ2) is 7.61. The van der Waals surface area contributed by atoms with Crippen LogP contribution in [0.5, 0.6) is 0 Å². The van der Waals surface area contributed by atoms with Gasteiger partial charge in [0.05, 0.1) is 0 Å². The molecule has 2 aromatic rings. The van der Waals surface area contributed by atoms with Crippen LogP contribution in [-0.2, 0) is 9.59 Å². The van der Waals surface area contributed by atoms with E-state index in [1.54, 1.807) is 4.90 Å². The highest BCUT2D eigenvalue weighted by molar-refractivity contribution is 5.89. The zero-order chi connectivity index (χ0) is 17.6. The highest BCUT2D eigenvalue weighted by Gasteiger charge is 2.17. The van der Waals surface area contributed by atoms with Gasteiger partial charge in [0, 0.05) is 50.5 Å². The van der Waals surface area contributed by atoms with Crippen LogP contribution in [0.4, 0.5) is 23.0 Å². The van der Waals surface area contributed by atoms with E-state index in [9.17, 15) is 9.59 Å². The Morgan fingerprint density at radius 2 is 1.88 bits per heavy atom. The molecule has 0 spiro atoms. The molecular weight excluding hydrogens is 320 g/mol.